The lowest BCUT2D eigenvalue weighted by Crippen LogP contribution is -2.46. The smallest absolute Gasteiger partial charge is 0.254 e. The third kappa shape index (κ3) is 6.33. The van der Waals surface area contributed by atoms with E-state index in [1.807, 2.05) is 76.4 Å². The van der Waals surface area contributed by atoms with Gasteiger partial charge in [-0.1, -0.05) is 72.8 Å². The number of aromatic nitrogens is 2. The summed E-state index contributed by atoms with van der Waals surface area (Å²) < 4.78 is 1.89. The first-order valence-electron chi connectivity index (χ1n) is 12.9. The first kappa shape index (κ1) is 24.5. The average molecular weight is 493 g/mol. The first-order chi connectivity index (χ1) is 18.2. The number of hydrogen-bond acceptors (Lipinski definition) is 3. The Hall–Kier alpha value is -4.19. The summed E-state index contributed by atoms with van der Waals surface area (Å²) >= 11 is 0. The molecule has 1 N–H and O–H groups in total. The van der Waals surface area contributed by atoms with Crippen molar-refractivity contribution in [2.75, 3.05) is 13.1 Å². The summed E-state index contributed by atoms with van der Waals surface area (Å²) in [7, 11) is 0. The van der Waals surface area contributed by atoms with E-state index in [-0.39, 0.29) is 17.9 Å². The summed E-state index contributed by atoms with van der Waals surface area (Å²) in [5, 5.41) is 7.43. The van der Waals surface area contributed by atoms with Crippen LogP contribution in [0.5, 0.6) is 0 Å². The van der Waals surface area contributed by atoms with Crippen molar-refractivity contribution in [1.82, 2.24) is 20.0 Å². The second-order valence-corrected chi connectivity index (χ2v) is 9.57. The van der Waals surface area contributed by atoms with Crippen molar-refractivity contribution in [1.29, 1.82) is 0 Å². The number of nitrogens with zero attached hydrogens (tertiary/aromatic N) is 3. The summed E-state index contributed by atoms with van der Waals surface area (Å²) in [5.74, 6) is 0.125. The van der Waals surface area contributed by atoms with Crippen molar-refractivity contribution >= 4 is 11.8 Å². The van der Waals surface area contributed by atoms with E-state index in [1.165, 1.54) is 5.56 Å². The van der Waals surface area contributed by atoms with E-state index in [0.29, 0.717) is 31.6 Å². The second kappa shape index (κ2) is 11.7. The number of carbonyl (C=O) groups is 2. The molecular formula is C31H32N4O2. The fourth-order valence-electron chi connectivity index (χ4n) is 4.89. The lowest BCUT2D eigenvalue weighted by molar-refractivity contribution is -0.122. The lowest BCUT2D eigenvalue weighted by atomic mass is 9.96. The molecule has 3 aromatic carbocycles. The maximum atomic E-state index is 13.5. The summed E-state index contributed by atoms with van der Waals surface area (Å²) in [5.41, 5.74) is 5.00. The fourth-order valence-corrected chi connectivity index (χ4v) is 4.89. The molecule has 37 heavy (non-hydrogen) atoms. The topological polar surface area (TPSA) is 67.2 Å². The summed E-state index contributed by atoms with van der Waals surface area (Å²) in [6, 6.07) is 28.2. The zero-order chi connectivity index (χ0) is 25.5. The van der Waals surface area contributed by atoms with Crippen molar-refractivity contribution < 1.29 is 9.59 Å². The van der Waals surface area contributed by atoms with E-state index in [4.69, 9.17) is 0 Å². The summed E-state index contributed by atoms with van der Waals surface area (Å²) in [6.07, 6.45) is 6.49. The number of hydrogen-bond donors (Lipinski definition) is 1. The highest BCUT2D eigenvalue weighted by atomic mass is 16.2. The lowest BCUT2D eigenvalue weighted by Gasteiger charge is -2.33. The predicted octanol–water partition coefficient (Wildman–Crippen LogP) is 4.95. The minimum atomic E-state index is 0.0464. The predicted molar refractivity (Wildman–Crippen MR) is 145 cm³/mol. The quantitative estimate of drug-likeness (QED) is 0.378. The molecule has 0 aliphatic carbocycles. The van der Waals surface area contributed by atoms with Crippen LogP contribution in [0.4, 0.5) is 0 Å². The monoisotopic (exact) mass is 492 g/mol. The van der Waals surface area contributed by atoms with Crippen LogP contribution < -0.4 is 5.32 Å². The molecule has 2 heterocycles. The Kier molecular flexibility index (Phi) is 7.75. The van der Waals surface area contributed by atoms with Gasteiger partial charge in [0.2, 0.25) is 5.91 Å². The molecule has 2 amide bonds. The van der Waals surface area contributed by atoms with Crippen molar-refractivity contribution in [2.24, 2.45) is 0 Å². The largest absolute Gasteiger partial charge is 0.353 e. The molecule has 1 aromatic heterocycles. The van der Waals surface area contributed by atoms with Gasteiger partial charge < -0.3 is 10.2 Å². The van der Waals surface area contributed by atoms with E-state index < -0.39 is 0 Å². The molecule has 4 aromatic rings. The van der Waals surface area contributed by atoms with Gasteiger partial charge in [-0.25, -0.2) is 0 Å². The Morgan fingerprint density at radius 1 is 0.838 bits per heavy atom. The molecule has 6 heteroatoms. The third-order valence-electron chi connectivity index (χ3n) is 6.96. The van der Waals surface area contributed by atoms with Crippen molar-refractivity contribution in [3.05, 3.63) is 114 Å². The minimum Gasteiger partial charge on any atom is -0.353 e. The van der Waals surface area contributed by atoms with Gasteiger partial charge >= 0.3 is 0 Å². The number of rotatable bonds is 8. The maximum Gasteiger partial charge on any atom is 0.254 e. The van der Waals surface area contributed by atoms with E-state index in [1.54, 1.807) is 6.20 Å². The van der Waals surface area contributed by atoms with Crippen molar-refractivity contribution in [2.45, 2.75) is 38.3 Å². The zero-order valence-corrected chi connectivity index (χ0v) is 20.9. The second-order valence-electron chi connectivity index (χ2n) is 9.57. The Bertz CT molecular complexity index is 1310. The van der Waals surface area contributed by atoms with Gasteiger partial charge in [0.1, 0.15) is 0 Å². The highest BCUT2D eigenvalue weighted by Crippen LogP contribution is 2.26. The van der Waals surface area contributed by atoms with Crippen LogP contribution >= 0.6 is 0 Å². The standard InChI is InChI=1S/C31H32N4O2/c36-30(16-13-24-7-2-1-3-8-24)33-27-17-21-34(22-18-27)31(37)29-10-5-4-9-28(29)26-14-11-25(12-15-26)23-35-20-6-19-32-35/h1-12,14-15,19-20,27H,13,16-18,21-23H2,(H,33,36). The van der Waals surface area contributed by atoms with Gasteiger partial charge in [0.15, 0.2) is 0 Å². The van der Waals surface area contributed by atoms with Gasteiger partial charge in [-0.05, 0) is 53.6 Å². The third-order valence-corrected chi connectivity index (χ3v) is 6.96. The number of carbonyl (C=O) groups excluding carboxylic acids is 2. The Balaban J connectivity index is 1.17. The van der Waals surface area contributed by atoms with E-state index >= 15 is 0 Å². The highest BCUT2D eigenvalue weighted by molar-refractivity contribution is 6.01. The maximum absolute atomic E-state index is 13.5. The van der Waals surface area contributed by atoms with Crippen LogP contribution in [0.25, 0.3) is 11.1 Å². The van der Waals surface area contributed by atoms with E-state index in [9.17, 15) is 9.59 Å². The molecule has 0 saturated carbocycles. The average Bonchev–Trinajstić information content (AvgIpc) is 3.46. The molecule has 0 unspecified atom stereocenters. The van der Waals surface area contributed by atoms with Crippen LogP contribution in [-0.2, 0) is 17.8 Å². The Morgan fingerprint density at radius 3 is 2.30 bits per heavy atom. The summed E-state index contributed by atoms with van der Waals surface area (Å²) in [6.45, 7) is 1.99. The van der Waals surface area contributed by atoms with Gasteiger partial charge in [0.05, 0.1) is 6.54 Å². The number of piperidine rings is 1. The van der Waals surface area contributed by atoms with Crippen LogP contribution in [0.3, 0.4) is 0 Å². The van der Waals surface area contributed by atoms with E-state index in [0.717, 1.165) is 36.0 Å². The first-order valence-corrected chi connectivity index (χ1v) is 12.9. The summed E-state index contributed by atoms with van der Waals surface area (Å²) in [4.78, 5) is 27.8. The van der Waals surface area contributed by atoms with Crippen molar-refractivity contribution in [3.63, 3.8) is 0 Å². The van der Waals surface area contributed by atoms with Crippen molar-refractivity contribution in [3.8, 4) is 11.1 Å². The van der Waals surface area contributed by atoms with Crippen LogP contribution in [0.15, 0.2) is 97.3 Å². The number of likely N-dealkylation sites (tertiary alicyclic amines) is 1. The molecule has 188 valence electrons. The normalized spacial score (nSPS) is 13.9. The molecule has 1 aliphatic heterocycles. The zero-order valence-electron chi connectivity index (χ0n) is 20.9. The molecule has 1 saturated heterocycles. The number of aryl methyl sites for hydroxylation is 1. The molecule has 0 spiro atoms. The van der Waals surface area contributed by atoms with E-state index in [2.05, 4.69) is 34.7 Å². The van der Waals surface area contributed by atoms with Gasteiger partial charge in [0, 0.05) is 43.5 Å². The van der Waals surface area contributed by atoms with Gasteiger partial charge in [-0.15, -0.1) is 0 Å². The molecular weight excluding hydrogens is 460 g/mol. The van der Waals surface area contributed by atoms with Crippen LogP contribution in [0.1, 0.15) is 40.7 Å². The molecule has 0 radical (unpaired) electrons. The number of benzene rings is 3. The van der Waals surface area contributed by atoms with Gasteiger partial charge in [-0.2, -0.15) is 5.10 Å². The fraction of sp³-hybridized carbons (Fsp3) is 0.258. The highest BCUT2D eigenvalue weighted by Gasteiger charge is 2.26. The Labute approximate surface area is 217 Å². The van der Waals surface area contributed by atoms with Gasteiger partial charge in [-0.3, -0.25) is 14.3 Å². The van der Waals surface area contributed by atoms with Crippen LogP contribution in [-0.4, -0.2) is 45.6 Å². The number of amides is 2. The van der Waals surface area contributed by atoms with Crippen LogP contribution in [0, 0.1) is 0 Å². The molecule has 6 nitrogen and oxygen atoms in total. The molecule has 0 atom stereocenters. The molecule has 1 fully saturated rings. The minimum absolute atomic E-state index is 0.0464. The molecule has 0 bridgehead atoms. The molecule has 1 aliphatic rings. The van der Waals surface area contributed by atoms with Gasteiger partial charge in [0.25, 0.3) is 5.91 Å². The molecule has 5 rings (SSSR count). The SMILES string of the molecule is O=C(CCc1ccccc1)NC1CCN(C(=O)c2ccccc2-c2ccc(Cn3cccn3)cc2)CC1. The Morgan fingerprint density at radius 2 is 1.57 bits per heavy atom. The van der Waals surface area contributed by atoms with Crippen LogP contribution in [0.2, 0.25) is 0 Å². The number of nitrogens with one attached hydrogen (secondary N) is 1.